The molecule has 1 aromatic heterocycles. The van der Waals surface area contributed by atoms with Crippen LogP contribution in [0.15, 0.2) is 28.9 Å². The van der Waals surface area contributed by atoms with Gasteiger partial charge in [0.1, 0.15) is 5.82 Å². The molecule has 3 nitrogen and oxygen atoms in total. The highest BCUT2D eigenvalue weighted by atomic mass is 79.9. The normalized spacial score (nSPS) is 11.2. The molecule has 2 aromatic rings. The number of rotatable bonds is 5. The molecule has 0 amide bonds. The van der Waals surface area contributed by atoms with E-state index in [4.69, 9.17) is 0 Å². The first-order chi connectivity index (χ1) is 9.09. The van der Waals surface area contributed by atoms with Gasteiger partial charge in [-0.2, -0.15) is 0 Å². The van der Waals surface area contributed by atoms with Gasteiger partial charge in [0.05, 0.1) is 0 Å². The molecule has 0 atom stereocenters. The lowest BCUT2D eigenvalue weighted by molar-refractivity contribution is 0.405. The third kappa shape index (κ3) is 3.45. The molecule has 1 aromatic carbocycles. The Morgan fingerprint density at radius 1 is 1.32 bits per heavy atom. The Hall–Kier alpha value is -1.13. The van der Waals surface area contributed by atoms with Crippen LogP contribution in [0.1, 0.15) is 12.0 Å². The number of anilines is 1. The van der Waals surface area contributed by atoms with Gasteiger partial charge in [0, 0.05) is 28.0 Å². The lowest BCUT2D eigenvalue weighted by Crippen LogP contribution is -2.16. The standard InChI is InChI=1S/C15H20BrN3/c1-11-6-4-7-12-14(11)13(16)10-18-15(12)17-8-5-9-19(2)3/h4,6-7,10H,5,8-9H2,1-3H3,(H,17,18). The zero-order valence-corrected chi connectivity index (χ0v) is 13.3. The van der Waals surface area contributed by atoms with Gasteiger partial charge in [-0.05, 0) is 55.5 Å². The van der Waals surface area contributed by atoms with Crippen molar-refractivity contribution in [2.24, 2.45) is 0 Å². The SMILES string of the molecule is Cc1cccc2c(NCCCN(C)C)ncc(Br)c12. The van der Waals surface area contributed by atoms with Crippen LogP contribution >= 0.6 is 15.9 Å². The molecule has 4 heteroatoms. The van der Waals surface area contributed by atoms with Gasteiger partial charge in [0.25, 0.3) is 0 Å². The van der Waals surface area contributed by atoms with E-state index in [1.807, 2.05) is 6.20 Å². The fourth-order valence-corrected chi connectivity index (χ4v) is 2.81. The summed E-state index contributed by atoms with van der Waals surface area (Å²) in [5, 5.41) is 5.86. The minimum Gasteiger partial charge on any atom is -0.370 e. The van der Waals surface area contributed by atoms with Crippen LogP contribution in [0.2, 0.25) is 0 Å². The monoisotopic (exact) mass is 321 g/mol. The van der Waals surface area contributed by atoms with E-state index in [2.05, 4.69) is 70.3 Å². The minimum atomic E-state index is 0.940. The summed E-state index contributed by atoms with van der Waals surface area (Å²) in [6.45, 7) is 4.15. The van der Waals surface area contributed by atoms with Crippen LogP contribution in [0.25, 0.3) is 10.8 Å². The van der Waals surface area contributed by atoms with Gasteiger partial charge in [0.15, 0.2) is 0 Å². The predicted molar refractivity (Wildman–Crippen MR) is 85.8 cm³/mol. The molecule has 1 heterocycles. The molecule has 0 aliphatic rings. The highest BCUT2D eigenvalue weighted by Crippen LogP contribution is 2.30. The highest BCUT2D eigenvalue weighted by molar-refractivity contribution is 9.10. The van der Waals surface area contributed by atoms with Gasteiger partial charge in [-0.1, -0.05) is 18.2 Å². The Morgan fingerprint density at radius 2 is 2.11 bits per heavy atom. The molecule has 0 radical (unpaired) electrons. The summed E-state index contributed by atoms with van der Waals surface area (Å²) < 4.78 is 1.06. The summed E-state index contributed by atoms with van der Waals surface area (Å²) in [7, 11) is 4.19. The zero-order chi connectivity index (χ0) is 13.8. The van der Waals surface area contributed by atoms with Crippen molar-refractivity contribution in [3.63, 3.8) is 0 Å². The van der Waals surface area contributed by atoms with E-state index < -0.39 is 0 Å². The fourth-order valence-electron chi connectivity index (χ4n) is 2.18. The molecule has 0 saturated carbocycles. The second kappa shape index (κ2) is 6.35. The first-order valence-electron chi connectivity index (χ1n) is 6.52. The third-order valence-electron chi connectivity index (χ3n) is 3.15. The lowest BCUT2D eigenvalue weighted by Gasteiger charge is -2.13. The van der Waals surface area contributed by atoms with E-state index in [1.54, 1.807) is 0 Å². The molecule has 0 saturated heterocycles. The average Bonchev–Trinajstić information content (AvgIpc) is 2.36. The summed E-state index contributed by atoms with van der Waals surface area (Å²) >= 11 is 3.59. The molecule has 0 fully saturated rings. The molecule has 0 aliphatic carbocycles. The predicted octanol–water partition coefficient (Wildman–Crippen LogP) is 3.67. The summed E-state index contributed by atoms with van der Waals surface area (Å²) in [5.41, 5.74) is 1.27. The Bertz CT molecular complexity index is 558. The number of fused-ring (bicyclic) bond motifs is 1. The van der Waals surface area contributed by atoms with Crippen LogP contribution in [0, 0.1) is 6.92 Å². The number of aromatic nitrogens is 1. The lowest BCUT2D eigenvalue weighted by atomic mass is 10.1. The number of pyridine rings is 1. The van der Waals surface area contributed by atoms with Crippen molar-refractivity contribution in [3.8, 4) is 0 Å². The van der Waals surface area contributed by atoms with E-state index in [0.717, 1.165) is 29.8 Å². The molecule has 102 valence electrons. The van der Waals surface area contributed by atoms with Crippen molar-refractivity contribution in [1.82, 2.24) is 9.88 Å². The second-order valence-corrected chi connectivity index (χ2v) is 5.89. The number of halogens is 1. The van der Waals surface area contributed by atoms with Crippen molar-refractivity contribution < 1.29 is 0 Å². The molecule has 0 spiro atoms. The van der Waals surface area contributed by atoms with Crippen molar-refractivity contribution >= 4 is 32.5 Å². The highest BCUT2D eigenvalue weighted by Gasteiger charge is 2.07. The van der Waals surface area contributed by atoms with Gasteiger partial charge in [0.2, 0.25) is 0 Å². The van der Waals surface area contributed by atoms with Gasteiger partial charge >= 0.3 is 0 Å². The summed E-state index contributed by atoms with van der Waals surface area (Å²) in [5.74, 6) is 0.973. The Balaban J connectivity index is 2.20. The van der Waals surface area contributed by atoms with E-state index in [9.17, 15) is 0 Å². The Labute approximate surface area is 123 Å². The topological polar surface area (TPSA) is 28.2 Å². The van der Waals surface area contributed by atoms with Crippen molar-refractivity contribution in [2.45, 2.75) is 13.3 Å². The molecular weight excluding hydrogens is 302 g/mol. The first-order valence-corrected chi connectivity index (χ1v) is 7.31. The van der Waals surface area contributed by atoms with Crippen molar-refractivity contribution in [3.05, 3.63) is 34.4 Å². The molecular formula is C15H20BrN3. The summed E-state index contributed by atoms with van der Waals surface area (Å²) in [6.07, 6.45) is 2.99. The van der Waals surface area contributed by atoms with E-state index in [0.29, 0.717) is 0 Å². The smallest absolute Gasteiger partial charge is 0.133 e. The summed E-state index contributed by atoms with van der Waals surface area (Å²) in [6, 6.07) is 6.33. The van der Waals surface area contributed by atoms with Crippen LogP contribution in [-0.4, -0.2) is 37.1 Å². The third-order valence-corrected chi connectivity index (χ3v) is 3.75. The maximum atomic E-state index is 4.49. The quantitative estimate of drug-likeness (QED) is 0.852. The van der Waals surface area contributed by atoms with E-state index in [1.165, 1.54) is 16.3 Å². The van der Waals surface area contributed by atoms with E-state index >= 15 is 0 Å². The van der Waals surface area contributed by atoms with Gasteiger partial charge < -0.3 is 10.2 Å². The van der Waals surface area contributed by atoms with Crippen LogP contribution < -0.4 is 5.32 Å². The van der Waals surface area contributed by atoms with Crippen molar-refractivity contribution in [2.75, 3.05) is 32.5 Å². The number of aryl methyl sites for hydroxylation is 1. The molecule has 1 N–H and O–H groups in total. The Kier molecular flexibility index (Phi) is 4.77. The maximum Gasteiger partial charge on any atom is 0.133 e. The van der Waals surface area contributed by atoms with Gasteiger partial charge in [-0.25, -0.2) is 4.98 Å². The maximum absolute atomic E-state index is 4.49. The number of benzene rings is 1. The zero-order valence-electron chi connectivity index (χ0n) is 11.7. The first kappa shape index (κ1) is 14.3. The molecule has 0 bridgehead atoms. The average molecular weight is 322 g/mol. The molecule has 0 unspecified atom stereocenters. The van der Waals surface area contributed by atoms with E-state index in [-0.39, 0.29) is 0 Å². The van der Waals surface area contributed by atoms with Gasteiger partial charge in [-0.3, -0.25) is 0 Å². The summed E-state index contributed by atoms with van der Waals surface area (Å²) in [4.78, 5) is 6.69. The fraction of sp³-hybridized carbons (Fsp3) is 0.400. The molecule has 2 rings (SSSR count). The van der Waals surface area contributed by atoms with Crippen LogP contribution in [0.5, 0.6) is 0 Å². The number of hydrogen-bond acceptors (Lipinski definition) is 3. The number of nitrogens with zero attached hydrogens (tertiary/aromatic N) is 2. The molecule has 19 heavy (non-hydrogen) atoms. The number of nitrogens with one attached hydrogen (secondary N) is 1. The molecule has 0 aliphatic heterocycles. The number of hydrogen-bond donors (Lipinski definition) is 1. The van der Waals surface area contributed by atoms with Crippen molar-refractivity contribution in [1.29, 1.82) is 0 Å². The van der Waals surface area contributed by atoms with Crippen LogP contribution in [0.3, 0.4) is 0 Å². The minimum absolute atomic E-state index is 0.940. The van der Waals surface area contributed by atoms with Gasteiger partial charge in [-0.15, -0.1) is 0 Å². The van der Waals surface area contributed by atoms with Crippen LogP contribution in [-0.2, 0) is 0 Å². The largest absolute Gasteiger partial charge is 0.370 e. The second-order valence-electron chi connectivity index (χ2n) is 5.04. The van der Waals surface area contributed by atoms with Crippen LogP contribution in [0.4, 0.5) is 5.82 Å². The Morgan fingerprint density at radius 3 is 2.84 bits per heavy atom.